The van der Waals surface area contributed by atoms with Gasteiger partial charge in [-0.2, -0.15) is 0 Å². The molecule has 0 spiro atoms. The molecule has 0 aliphatic rings. The molecule has 0 saturated heterocycles. The van der Waals surface area contributed by atoms with Crippen LogP contribution in [0.5, 0.6) is 5.75 Å². The Balaban J connectivity index is 2.66. The Kier molecular flexibility index (Phi) is 5.19. The Hall–Kier alpha value is -1.02. The van der Waals surface area contributed by atoms with Crippen LogP contribution in [0.15, 0.2) is 18.2 Å². The lowest BCUT2D eigenvalue weighted by molar-refractivity contribution is 0.466. The Morgan fingerprint density at radius 1 is 1.27 bits per heavy atom. The van der Waals surface area contributed by atoms with Gasteiger partial charge in [-0.15, -0.1) is 0 Å². The van der Waals surface area contributed by atoms with Crippen LogP contribution in [0, 0.1) is 0 Å². The number of likely N-dealkylation sites (N-methyl/N-ethyl adjacent to an activating group) is 1. The molecule has 0 heterocycles. The first-order valence-corrected chi connectivity index (χ1v) is 5.73. The van der Waals surface area contributed by atoms with Crippen molar-refractivity contribution < 1.29 is 5.11 Å². The highest BCUT2D eigenvalue weighted by molar-refractivity contribution is 5.36. The summed E-state index contributed by atoms with van der Waals surface area (Å²) in [4.78, 5) is 0. The zero-order valence-electron chi connectivity index (χ0n) is 9.71. The largest absolute Gasteiger partial charge is 0.508 e. The minimum absolute atomic E-state index is 0.441. The summed E-state index contributed by atoms with van der Waals surface area (Å²) in [6.45, 7) is 3.15. The maximum Gasteiger partial charge on any atom is 0.118 e. The van der Waals surface area contributed by atoms with Gasteiger partial charge in [0.05, 0.1) is 0 Å². The number of unbranched alkanes of at least 4 members (excludes halogenated alkanes) is 1. The summed E-state index contributed by atoms with van der Waals surface area (Å²) in [6, 6.07) is 5.94. The van der Waals surface area contributed by atoms with E-state index in [1.54, 1.807) is 0 Å². The normalized spacial score (nSPS) is 10.5. The highest BCUT2D eigenvalue weighted by Crippen LogP contribution is 2.20. The van der Waals surface area contributed by atoms with Crippen molar-refractivity contribution in [2.75, 3.05) is 13.6 Å². The van der Waals surface area contributed by atoms with Gasteiger partial charge in [-0.1, -0.05) is 25.5 Å². The molecule has 1 aromatic carbocycles. The van der Waals surface area contributed by atoms with Crippen molar-refractivity contribution in [2.45, 2.75) is 32.6 Å². The van der Waals surface area contributed by atoms with E-state index in [9.17, 15) is 5.11 Å². The van der Waals surface area contributed by atoms with E-state index < -0.39 is 0 Å². The summed E-state index contributed by atoms with van der Waals surface area (Å²) in [7, 11) is 1.96. The Morgan fingerprint density at radius 3 is 2.73 bits per heavy atom. The molecule has 0 unspecified atom stereocenters. The highest BCUT2D eigenvalue weighted by atomic mass is 16.3. The average Bonchev–Trinajstić information content (AvgIpc) is 2.26. The standard InChI is InChI=1S/C13H21NO/c1-3-4-5-12-10-11(8-9-14-2)6-7-13(12)15/h6-7,10,14-15H,3-5,8-9H2,1-2H3. The van der Waals surface area contributed by atoms with Gasteiger partial charge in [0.25, 0.3) is 0 Å². The van der Waals surface area contributed by atoms with Gasteiger partial charge in [-0.3, -0.25) is 0 Å². The number of phenolic OH excluding ortho intramolecular Hbond substituents is 1. The third kappa shape index (κ3) is 3.92. The first kappa shape index (κ1) is 12.1. The number of nitrogens with one attached hydrogen (secondary N) is 1. The molecule has 15 heavy (non-hydrogen) atoms. The van der Waals surface area contributed by atoms with E-state index in [-0.39, 0.29) is 0 Å². The van der Waals surface area contributed by atoms with Gasteiger partial charge in [0, 0.05) is 0 Å². The van der Waals surface area contributed by atoms with Crippen molar-refractivity contribution in [3.8, 4) is 5.75 Å². The lowest BCUT2D eigenvalue weighted by atomic mass is 10.0. The van der Waals surface area contributed by atoms with Gasteiger partial charge in [-0.05, 0) is 50.0 Å². The number of aromatic hydroxyl groups is 1. The van der Waals surface area contributed by atoms with Crippen molar-refractivity contribution in [2.24, 2.45) is 0 Å². The molecule has 0 aliphatic heterocycles. The molecule has 0 fully saturated rings. The molecular formula is C13H21NO. The molecular weight excluding hydrogens is 186 g/mol. The monoisotopic (exact) mass is 207 g/mol. The van der Waals surface area contributed by atoms with E-state index in [1.165, 1.54) is 12.0 Å². The van der Waals surface area contributed by atoms with E-state index in [0.29, 0.717) is 5.75 Å². The maximum absolute atomic E-state index is 9.67. The van der Waals surface area contributed by atoms with Crippen LogP contribution < -0.4 is 5.32 Å². The Morgan fingerprint density at radius 2 is 2.07 bits per heavy atom. The third-order valence-electron chi connectivity index (χ3n) is 2.61. The van der Waals surface area contributed by atoms with Gasteiger partial charge in [0.2, 0.25) is 0 Å². The van der Waals surface area contributed by atoms with Crippen LogP contribution in [0.2, 0.25) is 0 Å². The van der Waals surface area contributed by atoms with Crippen molar-refractivity contribution in [1.29, 1.82) is 0 Å². The predicted molar refractivity (Wildman–Crippen MR) is 64.3 cm³/mol. The summed E-state index contributed by atoms with van der Waals surface area (Å²) in [5.41, 5.74) is 2.39. The number of hydrogen-bond donors (Lipinski definition) is 2. The lowest BCUT2D eigenvalue weighted by Crippen LogP contribution is -2.10. The zero-order valence-corrected chi connectivity index (χ0v) is 9.71. The maximum atomic E-state index is 9.67. The van der Waals surface area contributed by atoms with Gasteiger partial charge in [0.1, 0.15) is 5.75 Å². The van der Waals surface area contributed by atoms with Crippen LogP contribution in [-0.4, -0.2) is 18.7 Å². The van der Waals surface area contributed by atoms with Crippen LogP contribution in [0.4, 0.5) is 0 Å². The van der Waals surface area contributed by atoms with Crippen molar-refractivity contribution in [3.63, 3.8) is 0 Å². The SMILES string of the molecule is CCCCc1cc(CCNC)ccc1O. The quantitative estimate of drug-likeness (QED) is 0.751. The van der Waals surface area contributed by atoms with E-state index >= 15 is 0 Å². The molecule has 2 nitrogen and oxygen atoms in total. The first-order valence-electron chi connectivity index (χ1n) is 5.73. The number of rotatable bonds is 6. The average molecular weight is 207 g/mol. The van der Waals surface area contributed by atoms with E-state index in [2.05, 4.69) is 18.3 Å². The number of hydrogen-bond acceptors (Lipinski definition) is 2. The zero-order chi connectivity index (χ0) is 11.1. The minimum Gasteiger partial charge on any atom is -0.508 e. The van der Waals surface area contributed by atoms with Crippen LogP contribution in [-0.2, 0) is 12.8 Å². The summed E-state index contributed by atoms with van der Waals surface area (Å²) in [6.07, 6.45) is 4.31. The van der Waals surface area contributed by atoms with Crippen LogP contribution in [0.1, 0.15) is 30.9 Å². The molecule has 0 aliphatic carbocycles. The third-order valence-corrected chi connectivity index (χ3v) is 2.61. The Bertz CT molecular complexity index is 297. The molecule has 0 bridgehead atoms. The van der Waals surface area contributed by atoms with Gasteiger partial charge in [0.15, 0.2) is 0 Å². The van der Waals surface area contributed by atoms with Crippen LogP contribution >= 0.6 is 0 Å². The molecule has 2 N–H and O–H groups in total. The Labute approximate surface area is 92.3 Å². The second kappa shape index (κ2) is 6.46. The smallest absolute Gasteiger partial charge is 0.118 e. The number of aryl methyl sites for hydroxylation is 1. The topological polar surface area (TPSA) is 32.3 Å². The van der Waals surface area contributed by atoms with E-state index in [0.717, 1.165) is 31.4 Å². The second-order valence-electron chi connectivity index (χ2n) is 3.92. The summed E-state index contributed by atoms with van der Waals surface area (Å²) in [5.74, 6) is 0.441. The molecule has 0 radical (unpaired) electrons. The van der Waals surface area contributed by atoms with Crippen LogP contribution in [0.3, 0.4) is 0 Å². The van der Waals surface area contributed by atoms with Gasteiger partial charge in [-0.25, -0.2) is 0 Å². The molecule has 0 amide bonds. The van der Waals surface area contributed by atoms with Crippen molar-refractivity contribution in [3.05, 3.63) is 29.3 Å². The first-order chi connectivity index (χ1) is 7.27. The van der Waals surface area contributed by atoms with E-state index in [1.807, 2.05) is 19.2 Å². The summed E-state index contributed by atoms with van der Waals surface area (Å²) in [5, 5.41) is 12.8. The van der Waals surface area contributed by atoms with Crippen molar-refractivity contribution in [1.82, 2.24) is 5.32 Å². The van der Waals surface area contributed by atoms with Gasteiger partial charge >= 0.3 is 0 Å². The molecule has 0 saturated carbocycles. The fourth-order valence-corrected chi connectivity index (χ4v) is 1.63. The second-order valence-corrected chi connectivity index (χ2v) is 3.92. The summed E-state index contributed by atoms with van der Waals surface area (Å²) >= 11 is 0. The molecule has 2 heteroatoms. The minimum atomic E-state index is 0.441. The lowest BCUT2D eigenvalue weighted by Gasteiger charge is -2.07. The molecule has 1 rings (SSSR count). The molecule has 1 aromatic rings. The fraction of sp³-hybridized carbons (Fsp3) is 0.538. The van der Waals surface area contributed by atoms with Crippen molar-refractivity contribution >= 4 is 0 Å². The fourth-order valence-electron chi connectivity index (χ4n) is 1.63. The number of benzene rings is 1. The molecule has 0 aromatic heterocycles. The predicted octanol–water partition coefficient (Wildman–Crippen LogP) is 2.50. The van der Waals surface area contributed by atoms with Crippen LogP contribution in [0.25, 0.3) is 0 Å². The number of phenols is 1. The van der Waals surface area contributed by atoms with Gasteiger partial charge < -0.3 is 10.4 Å². The molecule has 0 atom stereocenters. The molecule has 84 valence electrons. The highest BCUT2D eigenvalue weighted by Gasteiger charge is 2.02. The van der Waals surface area contributed by atoms with E-state index in [4.69, 9.17) is 0 Å². The summed E-state index contributed by atoms with van der Waals surface area (Å²) < 4.78 is 0.